The highest BCUT2D eigenvalue weighted by atomic mass is 32.1. The fraction of sp³-hybridized carbons (Fsp3) is 0.133. The van der Waals surface area contributed by atoms with Crippen LogP contribution in [0.5, 0.6) is 0 Å². The van der Waals surface area contributed by atoms with Crippen LogP contribution in [0.15, 0.2) is 53.1 Å². The van der Waals surface area contributed by atoms with E-state index >= 15 is 0 Å². The van der Waals surface area contributed by atoms with Crippen molar-refractivity contribution >= 4 is 18.3 Å². The Labute approximate surface area is 112 Å². The molecule has 0 amide bonds. The van der Waals surface area contributed by atoms with Crippen molar-refractivity contribution in [3.8, 4) is 11.3 Å². The van der Waals surface area contributed by atoms with E-state index in [1.165, 1.54) is 4.90 Å². The monoisotopic (exact) mass is 258 g/mol. The zero-order valence-electron chi connectivity index (χ0n) is 10.5. The fourth-order valence-corrected chi connectivity index (χ4v) is 1.80. The normalized spacial score (nSPS) is 11.3. The van der Waals surface area contributed by atoms with Gasteiger partial charge in [0.05, 0.1) is 20.3 Å². The first-order valence-electron chi connectivity index (χ1n) is 5.84. The molecule has 0 aliphatic carbocycles. The van der Waals surface area contributed by atoms with Crippen LogP contribution in [0.3, 0.4) is 0 Å². The van der Waals surface area contributed by atoms with E-state index in [-0.39, 0.29) is 0 Å². The first kappa shape index (κ1) is 12.7. The molecule has 2 nitrogen and oxygen atoms in total. The summed E-state index contributed by atoms with van der Waals surface area (Å²) in [7, 11) is 4.10. The van der Waals surface area contributed by atoms with Gasteiger partial charge < -0.3 is 9.32 Å². The van der Waals surface area contributed by atoms with Gasteiger partial charge in [-0.2, -0.15) is 0 Å². The lowest BCUT2D eigenvalue weighted by atomic mass is 10.1. The molecular formula is C15H16NOS+. The molecule has 1 aromatic heterocycles. The Hall–Kier alpha value is -1.71. The van der Waals surface area contributed by atoms with E-state index in [4.69, 9.17) is 16.6 Å². The maximum absolute atomic E-state index is 5.83. The van der Waals surface area contributed by atoms with Crippen LogP contribution in [-0.2, 0) is 0 Å². The Bertz CT molecular complexity index is 599. The van der Waals surface area contributed by atoms with Gasteiger partial charge in [0.2, 0.25) is 0 Å². The van der Waals surface area contributed by atoms with Crippen LogP contribution in [0, 0.1) is 4.51 Å². The Kier molecular flexibility index (Phi) is 4.07. The van der Waals surface area contributed by atoms with E-state index in [0.717, 1.165) is 21.6 Å². The van der Waals surface area contributed by atoms with Crippen molar-refractivity contribution < 1.29 is 9.32 Å². The zero-order chi connectivity index (χ0) is 13.0. The van der Waals surface area contributed by atoms with Gasteiger partial charge in [-0.25, -0.2) is 0 Å². The van der Waals surface area contributed by atoms with Gasteiger partial charge >= 0.3 is 0 Å². The highest BCUT2D eigenvalue weighted by molar-refractivity contribution is 7.71. The average Bonchev–Trinajstić information content (AvgIpc) is 2.37. The second-order valence-electron chi connectivity index (χ2n) is 4.34. The molecule has 2 aromatic rings. The van der Waals surface area contributed by atoms with Crippen molar-refractivity contribution in [1.82, 2.24) is 0 Å². The second kappa shape index (κ2) is 5.76. The molecule has 0 saturated heterocycles. The molecule has 1 heterocycles. The molecule has 0 radical (unpaired) electrons. The Balaban J connectivity index is 2.42. The molecule has 0 aliphatic rings. The molecule has 0 unspecified atom stereocenters. The van der Waals surface area contributed by atoms with Gasteiger partial charge in [-0.3, -0.25) is 0 Å². The molecule has 0 aliphatic heterocycles. The van der Waals surface area contributed by atoms with Gasteiger partial charge in [-0.15, -0.1) is 0 Å². The maximum Gasteiger partial charge on any atom is 0.136 e. The van der Waals surface area contributed by atoms with Gasteiger partial charge in [0.15, 0.2) is 0 Å². The molecule has 0 atom stereocenters. The summed E-state index contributed by atoms with van der Waals surface area (Å²) in [5, 5.41) is 0. The third-order valence-electron chi connectivity index (χ3n) is 2.42. The lowest BCUT2D eigenvalue weighted by Gasteiger charge is -2.03. The summed E-state index contributed by atoms with van der Waals surface area (Å²) in [4.78, 5) is 1.22. The topological polar surface area (TPSA) is 17.6 Å². The van der Waals surface area contributed by atoms with E-state index in [0.29, 0.717) is 0 Å². The lowest BCUT2D eigenvalue weighted by molar-refractivity contribution is -0.800. The van der Waals surface area contributed by atoms with Crippen molar-refractivity contribution in [2.45, 2.75) is 0 Å². The van der Waals surface area contributed by atoms with E-state index in [2.05, 4.69) is 0 Å². The number of quaternary nitrogens is 1. The Morgan fingerprint density at radius 3 is 2.50 bits per heavy atom. The largest absolute Gasteiger partial charge is 0.456 e. The minimum absolute atomic E-state index is 0.780. The van der Waals surface area contributed by atoms with Crippen LogP contribution in [0.1, 0.15) is 5.76 Å². The summed E-state index contributed by atoms with van der Waals surface area (Å²) < 4.78 is 6.61. The van der Waals surface area contributed by atoms with Crippen LogP contribution in [0.2, 0.25) is 0 Å². The minimum Gasteiger partial charge on any atom is -0.456 e. The number of hydrogen-bond acceptors (Lipinski definition) is 2. The van der Waals surface area contributed by atoms with Gasteiger partial charge in [-0.05, 0) is 12.1 Å². The Morgan fingerprint density at radius 1 is 1.11 bits per heavy atom. The fourth-order valence-electron chi connectivity index (χ4n) is 1.57. The SMILES string of the molecule is C[NH+](C)/C=C/c1cc(=S)cc(-c2ccccc2)o1. The van der Waals surface area contributed by atoms with E-state index in [9.17, 15) is 0 Å². The summed E-state index contributed by atoms with van der Waals surface area (Å²) in [5.74, 6) is 1.58. The summed E-state index contributed by atoms with van der Waals surface area (Å²) in [6, 6.07) is 13.7. The number of benzene rings is 1. The number of hydrogen-bond donors (Lipinski definition) is 1. The quantitative estimate of drug-likeness (QED) is 0.853. The molecule has 1 N–H and O–H groups in total. The van der Waals surface area contributed by atoms with E-state index < -0.39 is 0 Å². The van der Waals surface area contributed by atoms with E-state index in [1.807, 2.05) is 68.8 Å². The van der Waals surface area contributed by atoms with Crippen molar-refractivity contribution in [3.05, 3.63) is 58.9 Å². The molecule has 0 saturated carbocycles. The third-order valence-corrected chi connectivity index (χ3v) is 2.66. The minimum atomic E-state index is 0.780. The van der Waals surface area contributed by atoms with Gasteiger partial charge in [0.25, 0.3) is 0 Å². The Morgan fingerprint density at radius 2 is 1.83 bits per heavy atom. The average molecular weight is 258 g/mol. The third kappa shape index (κ3) is 3.39. The van der Waals surface area contributed by atoms with Crippen LogP contribution in [0.25, 0.3) is 17.4 Å². The van der Waals surface area contributed by atoms with Crippen molar-refractivity contribution in [2.75, 3.05) is 14.1 Å². The molecular weight excluding hydrogens is 242 g/mol. The van der Waals surface area contributed by atoms with Crippen molar-refractivity contribution in [2.24, 2.45) is 0 Å². The van der Waals surface area contributed by atoms with Crippen molar-refractivity contribution in [1.29, 1.82) is 0 Å². The van der Waals surface area contributed by atoms with E-state index in [1.54, 1.807) is 0 Å². The molecule has 92 valence electrons. The predicted molar refractivity (Wildman–Crippen MR) is 76.8 cm³/mol. The molecule has 1 aromatic carbocycles. The second-order valence-corrected chi connectivity index (χ2v) is 4.81. The zero-order valence-corrected chi connectivity index (χ0v) is 11.3. The first-order chi connectivity index (χ1) is 8.65. The molecule has 3 heteroatoms. The molecule has 0 spiro atoms. The number of rotatable bonds is 3. The molecule has 0 bridgehead atoms. The summed E-state index contributed by atoms with van der Waals surface area (Å²) in [6.07, 6.45) is 3.96. The number of nitrogens with one attached hydrogen (secondary N) is 1. The smallest absolute Gasteiger partial charge is 0.136 e. The lowest BCUT2D eigenvalue weighted by Crippen LogP contribution is -3.00. The maximum atomic E-state index is 5.83. The molecule has 0 fully saturated rings. The van der Waals surface area contributed by atoms with Crippen LogP contribution in [0.4, 0.5) is 0 Å². The molecule has 2 rings (SSSR count). The summed E-state index contributed by atoms with van der Waals surface area (Å²) in [5.41, 5.74) is 1.04. The standard InChI is InChI=1S/C15H15NOS/c1-16(2)9-8-13-10-14(18)11-15(17-13)12-6-4-3-5-7-12/h3-11H,1-2H3/p+1/b9-8+. The molecule has 18 heavy (non-hydrogen) atoms. The summed E-state index contributed by atoms with van der Waals surface area (Å²) in [6.45, 7) is 0. The van der Waals surface area contributed by atoms with Gasteiger partial charge in [0.1, 0.15) is 11.5 Å². The van der Waals surface area contributed by atoms with Crippen LogP contribution in [-0.4, -0.2) is 14.1 Å². The predicted octanol–water partition coefficient (Wildman–Crippen LogP) is 2.79. The summed E-state index contributed by atoms with van der Waals surface area (Å²) >= 11 is 5.27. The van der Waals surface area contributed by atoms with Gasteiger partial charge in [0, 0.05) is 16.1 Å². The first-order valence-corrected chi connectivity index (χ1v) is 6.25. The highest BCUT2D eigenvalue weighted by Crippen LogP contribution is 2.21. The van der Waals surface area contributed by atoms with Crippen molar-refractivity contribution in [3.63, 3.8) is 0 Å². The van der Waals surface area contributed by atoms with Gasteiger partial charge in [-0.1, -0.05) is 42.5 Å². The van der Waals surface area contributed by atoms with Crippen LogP contribution >= 0.6 is 12.2 Å². The highest BCUT2D eigenvalue weighted by Gasteiger charge is 2.01. The van der Waals surface area contributed by atoms with Crippen LogP contribution < -0.4 is 4.90 Å².